The van der Waals surface area contributed by atoms with Gasteiger partial charge in [-0.2, -0.15) is 5.10 Å². The Kier molecular flexibility index (Phi) is 5.35. The summed E-state index contributed by atoms with van der Waals surface area (Å²) in [5, 5.41) is 16.2. The number of phenolic OH excluding ortho intramolecular Hbond substituents is 1. The molecule has 1 fully saturated rings. The van der Waals surface area contributed by atoms with Crippen molar-refractivity contribution in [1.29, 1.82) is 0 Å². The molecule has 1 aromatic rings. The van der Waals surface area contributed by atoms with Crippen molar-refractivity contribution in [3.63, 3.8) is 0 Å². The Bertz CT molecular complexity index is 580. The van der Waals surface area contributed by atoms with E-state index in [-0.39, 0.29) is 11.8 Å². The van der Waals surface area contributed by atoms with Gasteiger partial charge in [-0.25, -0.2) is 5.43 Å². The molecule has 2 rings (SSSR count). The lowest BCUT2D eigenvalue weighted by atomic mass is 10.2. The van der Waals surface area contributed by atoms with Gasteiger partial charge in [0.15, 0.2) is 11.5 Å². The van der Waals surface area contributed by atoms with Crippen LogP contribution < -0.4 is 15.5 Å². The summed E-state index contributed by atoms with van der Waals surface area (Å²) in [6.45, 7) is 0. The Labute approximate surface area is 128 Å². The first-order valence-electron chi connectivity index (χ1n) is 7.11. The molecule has 1 aromatic carbocycles. The second-order valence-electron chi connectivity index (χ2n) is 5.05. The van der Waals surface area contributed by atoms with Crippen molar-refractivity contribution in [3.8, 4) is 11.5 Å². The molecule has 0 aromatic heterocycles. The number of ether oxygens (including phenoxy) is 1. The molecule has 0 unspecified atom stereocenters. The predicted molar refractivity (Wildman–Crippen MR) is 80.8 cm³/mol. The SMILES string of the molecule is COc1cccc(/C=N\NC(=O)C(=O)NC2CCCC2)c1O. The molecule has 0 atom stereocenters. The van der Waals surface area contributed by atoms with Crippen molar-refractivity contribution in [1.82, 2.24) is 10.7 Å². The van der Waals surface area contributed by atoms with Gasteiger partial charge in [0.05, 0.1) is 13.3 Å². The second kappa shape index (κ2) is 7.44. The average molecular weight is 305 g/mol. The number of carbonyl (C=O) groups excluding carboxylic acids is 2. The standard InChI is InChI=1S/C15H19N3O4/c1-22-12-8-4-5-10(13(12)19)9-16-18-15(21)14(20)17-11-6-2-3-7-11/h4-5,8-9,11,19H,2-3,6-7H2,1H3,(H,17,20)(H,18,21)/b16-9-. The minimum absolute atomic E-state index is 0.0738. The number of phenols is 1. The molecule has 0 saturated heterocycles. The maximum atomic E-state index is 11.6. The molecule has 7 nitrogen and oxygen atoms in total. The third-order valence-electron chi connectivity index (χ3n) is 3.52. The van der Waals surface area contributed by atoms with E-state index in [1.165, 1.54) is 13.3 Å². The molecule has 3 N–H and O–H groups in total. The normalized spacial score (nSPS) is 15.0. The van der Waals surface area contributed by atoms with Gasteiger partial charge in [-0.3, -0.25) is 9.59 Å². The van der Waals surface area contributed by atoms with Gasteiger partial charge in [-0.1, -0.05) is 18.9 Å². The fourth-order valence-corrected chi connectivity index (χ4v) is 2.34. The summed E-state index contributed by atoms with van der Waals surface area (Å²) < 4.78 is 4.96. The fourth-order valence-electron chi connectivity index (χ4n) is 2.34. The second-order valence-corrected chi connectivity index (χ2v) is 5.05. The van der Waals surface area contributed by atoms with E-state index in [0.29, 0.717) is 11.3 Å². The van der Waals surface area contributed by atoms with Crippen LogP contribution in [-0.2, 0) is 9.59 Å². The zero-order chi connectivity index (χ0) is 15.9. The van der Waals surface area contributed by atoms with Crippen LogP contribution in [0, 0.1) is 0 Å². The molecule has 0 spiro atoms. The van der Waals surface area contributed by atoms with E-state index < -0.39 is 11.8 Å². The lowest BCUT2D eigenvalue weighted by Gasteiger charge is -2.10. The molecule has 1 aliphatic rings. The van der Waals surface area contributed by atoms with Crippen LogP contribution in [0.3, 0.4) is 0 Å². The Hall–Kier alpha value is -2.57. The van der Waals surface area contributed by atoms with Crippen molar-refractivity contribution in [2.24, 2.45) is 5.10 Å². The van der Waals surface area contributed by atoms with E-state index in [9.17, 15) is 14.7 Å². The summed E-state index contributed by atoms with van der Waals surface area (Å²) in [6, 6.07) is 4.95. The summed E-state index contributed by atoms with van der Waals surface area (Å²) in [5.41, 5.74) is 2.51. The lowest BCUT2D eigenvalue weighted by Crippen LogP contribution is -2.42. The van der Waals surface area contributed by atoms with Gasteiger partial charge in [-0.15, -0.1) is 0 Å². The van der Waals surface area contributed by atoms with Crippen molar-refractivity contribution < 1.29 is 19.4 Å². The molecule has 22 heavy (non-hydrogen) atoms. The first-order valence-corrected chi connectivity index (χ1v) is 7.11. The molecule has 1 aliphatic carbocycles. The van der Waals surface area contributed by atoms with E-state index in [4.69, 9.17) is 4.74 Å². The summed E-state index contributed by atoms with van der Waals surface area (Å²) in [4.78, 5) is 23.2. The highest BCUT2D eigenvalue weighted by Crippen LogP contribution is 2.27. The quantitative estimate of drug-likeness (QED) is 0.437. The number of amides is 2. The Morgan fingerprint density at radius 3 is 2.73 bits per heavy atom. The number of hydrazone groups is 1. The minimum atomic E-state index is -0.828. The van der Waals surface area contributed by atoms with Crippen LogP contribution in [0.2, 0.25) is 0 Å². The van der Waals surface area contributed by atoms with E-state index in [2.05, 4.69) is 15.8 Å². The van der Waals surface area contributed by atoms with Gasteiger partial charge < -0.3 is 15.2 Å². The molecule has 2 amide bonds. The number of aromatic hydroxyl groups is 1. The summed E-state index contributed by atoms with van der Waals surface area (Å²) in [5.74, 6) is -1.31. The molecular weight excluding hydrogens is 286 g/mol. The average Bonchev–Trinajstić information content (AvgIpc) is 3.01. The van der Waals surface area contributed by atoms with Gasteiger partial charge in [0.1, 0.15) is 0 Å². The molecule has 0 heterocycles. The molecular formula is C15H19N3O4. The van der Waals surface area contributed by atoms with Crippen molar-refractivity contribution in [3.05, 3.63) is 23.8 Å². The summed E-state index contributed by atoms with van der Waals surface area (Å²) in [6.07, 6.45) is 5.19. The number of rotatable bonds is 4. The number of methoxy groups -OCH3 is 1. The number of nitrogens with zero attached hydrogens (tertiary/aromatic N) is 1. The Balaban J connectivity index is 1.88. The number of para-hydroxylation sites is 1. The zero-order valence-corrected chi connectivity index (χ0v) is 12.3. The molecule has 7 heteroatoms. The molecule has 0 aliphatic heterocycles. The summed E-state index contributed by atoms with van der Waals surface area (Å²) in [7, 11) is 1.44. The highest BCUT2D eigenvalue weighted by atomic mass is 16.5. The van der Waals surface area contributed by atoms with Gasteiger partial charge in [0.25, 0.3) is 0 Å². The number of hydrogen-bond acceptors (Lipinski definition) is 5. The monoisotopic (exact) mass is 305 g/mol. The molecule has 0 radical (unpaired) electrons. The van der Waals surface area contributed by atoms with Gasteiger partial charge in [-0.05, 0) is 25.0 Å². The van der Waals surface area contributed by atoms with Crippen LogP contribution in [0.5, 0.6) is 11.5 Å². The largest absolute Gasteiger partial charge is 0.504 e. The highest BCUT2D eigenvalue weighted by molar-refractivity contribution is 6.35. The number of benzene rings is 1. The predicted octanol–water partition coefficient (Wildman–Crippen LogP) is 0.910. The summed E-state index contributed by atoms with van der Waals surface area (Å²) >= 11 is 0. The maximum Gasteiger partial charge on any atom is 0.329 e. The van der Waals surface area contributed by atoms with Gasteiger partial charge >= 0.3 is 11.8 Å². The zero-order valence-electron chi connectivity index (χ0n) is 12.3. The first-order chi connectivity index (χ1) is 10.6. The van der Waals surface area contributed by atoms with Crippen LogP contribution in [0.1, 0.15) is 31.2 Å². The highest BCUT2D eigenvalue weighted by Gasteiger charge is 2.21. The van der Waals surface area contributed by atoms with Gasteiger partial charge in [0, 0.05) is 11.6 Å². The van der Waals surface area contributed by atoms with Crippen molar-refractivity contribution in [2.75, 3.05) is 7.11 Å². The van der Waals surface area contributed by atoms with Crippen LogP contribution in [0.25, 0.3) is 0 Å². The molecule has 118 valence electrons. The van der Waals surface area contributed by atoms with Crippen LogP contribution in [0.15, 0.2) is 23.3 Å². The third kappa shape index (κ3) is 3.97. The first kappa shape index (κ1) is 15.8. The smallest absolute Gasteiger partial charge is 0.329 e. The van der Waals surface area contributed by atoms with Crippen LogP contribution in [0.4, 0.5) is 0 Å². The topological polar surface area (TPSA) is 100 Å². The fraction of sp³-hybridized carbons (Fsp3) is 0.400. The third-order valence-corrected chi connectivity index (χ3v) is 3.52. The number of hydrogen-bond donors (Lipinski definition) is 3. The van der Waals surface area contributed by atoms with Crippen molar-refractivity contribution in [2.45, 2.75) is 31.7 Å². The Morgan fingerprint density at radius 1 is 1.32 bits per heavy atom. The lowest BCUT2D eigenvalue weighted by molar-refractivity contribution is -0.139. The van der Waals surface area contributed by atoms with E-state index >= 15 is 0 Å². The number of nitrogens with one attached hydrogen (secondary N) is 2. The van der Waals surface area contributed by atoms with E-state index in [0.717, 1.165) is 25.7 Å². The molecule has 1 saturated carbocycles. The van der Waals surface area contributed by atoms with Gasteiger partial charge in [0.2, 0.25) is 0 Å². The number of carbonyl (C=O) groups is 2. The van der Waals surface area contributed by atoms with Crippen LogP contribution >= 0.6 is 0 Å². The molecule has 0 bridgehead atoms. The van der Waals surface area contributed by atoms with E-state index in [1.807, 2.05) is 0 Å². The van der Waals surface area contributed by atoms with E-state index in [1.54, 1.807) is 18.2 Å². The van der Waals surface area contributed by atoms with Crippen molar-refractivity contribution >= 4 is 18.0 Å². The maximum absolute atomic E-state index is 11.6. The van der Waals surface area contributed by atoms with Crippen LogP contribution in [-0.4, -0.2) is 36.3 Å². The minimum Gasteiger partial charge on any atom is -0.504 e. The Morgan fingerprint density at radius 2 is 2.05 bits per heavy atom.